The van der Waals surface area contributed by atoms with Crippen LogP contribution in [0.5, 0.6) is 0 Å². The van der Waals surface area contributed by atoms with Crippen molar-refractivity contribution in [3.8, 4) is 56.4 Å². The summed E-state index contributed by atoms with van der Waals surface area (Å²) in [6.07, 6.45) is 0. The highest BCUT2D eigenvalue weighted by Gasteiger charge is 2.22. The van der Waals surface area contributed by atoms with Crippen molar-refractivity contribution < 1.29 is 0 Å². The number of para-hydroxylation sites is 6. The average Bonchev–Trinajstić information content (AvgIpc) is 3.89. The Morgan fingerprint density at radius 3 is 0.891 bits per heavy atom. The van der Waals surface area contributed by atoms with E-state index in [-0.39, 0.29) is 0 Å². The summed E-state index contributed by atoms with van der Waals surface area (Å²) in [5, 5.41) is 4.88. The van der Waals surface area contributed by atoms with E-state index in [0.717, 1.165) is 101 Å². The molecule has 64 heavy (non-hydrogen) atoms. The molecule has 13 rings (SSSR count). The van der Waals surface area contributed by atoms with Gasteiger partial charge in [-0.15, -0.1) is 0 Å². The van der Waals surface area contributed by atoms with Crippen LogP contribution in [0.15, 0.2) is 218 Å². The minimum absolute atomic E-state index is 0.864. The summed E-state index contributed by atoms with van der Waals surface area (Å²) < 4.78 is 4.79. The van der Waals surface area contributed by atoms with Crippen molar-refractivity contribution in [3.05, 3.63) is 218 Å². The highest BCUT2D eigenvalue weighted by atomic mass is 15.0. The normalized spacial score (nSPS) is 11.8. The fourth-order valence-electron chi connectivity index (χ4n) is 9.61. The van der Waals surface area contributed by atoms with Crippen LogP contribution < -0.4 is 0 Å². The number of rotatable bonds is 6. The maximum atomic E-state index is 5.17. The van der Waals surface area contributed by atoms with Crippen molar-refractivity contribution in [1.29, 1.82) is 0 Å². The van der Waals surface area contributed by atoms with Gasteiger partial charge in [-0.25, -0.2) is 19.9 Å². The van der Waals surface area contributed by atoms with Gasteiger partial charge in [-0.3, -0.25) is 0 Å². The monoisotopic (exact) mass is 816 g/mol. The lowest BCUT2D eigenvalue weighted by Gasteiger charge is -2.13. The van der Waals surface area contributed by atoms with Gasteiger partial charge < -0.3 is 9.13 Å². The molecule has 6 heteroatoms. The second-order valence-electron chi connectivity index (χ2n) is 16.2. The van der Waals surface area contributed by atoms with Gasteiger partial charge in [-0.1, -0.05) is 146 Å². The maximum Gasteiger partial charge on any atom is 0.0973 e. The van der Waals surface area contributed by atoms with Crippen LogP contribution >= 0.6 is 0 Å². The molecule has 298 valence electrons. The Labute approximate surface area is 368 Å². The van der Waals surface area contributed by atoms with Crippen molar-refractivity contribution in [2.24, 2.45) is 0 Å². The third kappa shape index (κ3) is 5.66. The summed E-state index contributed by atoms with van der Waals surface area (Å²) in [5.41, 5.74) is 17.9. The van der Waals surface area contributed by atoms with Gasteiger partial charge in [0.1, 0.15) is 0 Å². The number of hydrogen-bond donors (Lipinski definition) is 0. The molecule has 9 aromatic carbocycles. The molecule has 4 aromatic heterocycles. The number of hydrogen-bond acceptors (Lipinski definition) is 4. The molecule has 0 unspecified atom stereocenters. The third-order valence-electron chi connectivity index (χ3n) is 12.5. The molecule has 0 saturated heterocycles. The molecule has 13 aromatic rings. The summed E-state index contributed by atoms with van der Waals surface area (Å²) in [4.78, 5) is 20.6. The first kappa shape index (κ1) is 36.0. The van der Waals surface area contributed by atoms with Crippen molar-refractivity contribution in [2.45, 2.75) is 0 Å². The van der Waals surface area contributed by atoms with Gasteiger partial charge in [0.05, 0.1) is 66.9 Å². The van der Waals surface area contributed by atoms with E-state index in [0.29, 0.717) is 0 Å². The standard InChI is InChI=1S/C58H36N6/c1-3-15-37(16-4-1)55-57(61-47-23-11-9-21-45(47)59-55)39-27-31-41(32-28-39)63-49-25-13-7-19-43(49)53-51(63)35-36-52-54(53)44-20-8-14-26-50(44)64(52)42-33-29-40(30-34-42)58-56(38-17-5-2-6-18-38)60-46-22-10-12-24-48(46)62-58/h1-36H. The van der Waals surface area contributed by atoms with Crippen LogP contribution in [0.3, 0.4) is 0 Å². The molecule has 0 bridgehead atoms. The Hall–Kier alpha value is -8.74. The lowest BCUT2D eigenvalue weighted by Crippen LogP contribution is -1.97. The van der Waals surface area contributed by atoms with Crippen molar-refractivity contribution in [3.63, 3.8) is 0 Å². The van der Waals surface area contributed by atoms with E-state index in [1.165, 1.54) is 21.5 Å². The molecule has 0 amide bonds. The number of benzene rings is 9. The molecule has 0 aliphatic heterocycles. The quantitative estimate of drug-likeness (QED) is 0.168. The van der Waals surface area contributed by atoms with E-state index in [1.54, 1.807) is 0 Å². The molecular weight excluding hydrogens is 781 g/mol. The van der Waals surface area contributed by atoms with Crippen molar-refractivity contribution in [2.75, 3.05) is 0 Å². The van der Waals surface area contributed by atoms with Crippen LogP contribution in [0.4, 0.5) is 0 Å². The van der Waals surface area contributed by atoms with Crippen LogP contribution in [0, 0.1) is 0 Å². The average molecular weight is 817 g/mol. The van der Waals surface area contributed by atoms with Gasteiger partial charge in [-0.2, -0.15) is 0 Å². The van der Waals surface area contributed by atoms with E-state index in [2.05, 4.69) is 167 Å². The molecule has 0 saturated carbocycles. The van der Waals surface area contributed by atoms with E-state index in [9.17, 15) is 0 Å². The van der Waals surface area contributed by atoms with Crippen LogP contribution in [-0.2, 0) is 0 Å². The van der Waals surface area contributed by atoms with E-state index >= 15 is 0 Å². The summed E-state index contributed by atoms with van der Waals surface area (Å²) in [6.45, 7) is 0. The van der Waals surface area contributed by atoms with E-state index in [4.69, 9.17) is 19.9 Å². The van der Waals surface area contributed by atoms with Gasteiger partial charge in [0, 0.05) is 55.2 Å². The molecule has 0 aliphatic rings. The van der Waals surface area contributed by atoms with E-state index in [1.807, 2.05) is 60.7 Å². The predicted octanol–water partition coefficient (Wildman–Crippen LogP) is 14.4. The minimum atomic E-state index is 0.864. The van der Waals surface area contributed by atoms with Gasteiger partial charge in [0.25, 0.3) is 0 Å². The van der Waals surface area contributed by atoms with Crippen LogP contribution in [0.25, 0.3) is 122 Å². The van der Waals surface area contributed by atoms with Crippen LogP contribution in [0.2, 0.25) is 0 Å². The second kappa shape index (κ2) is 14.4. The van der Waals surface area contributed by atoms with E-state index < -0.39 is 0 Å². The molecule has 0 radical (unpaired) electrons. The van der Waals surface area contributed by atoms with Crippen molar-refractivity contribution in [1.82, 2.24) is 29.1 Å². The maximum absolute atomic E-state index is 5.17. The van der Waals surface area contributed by atoms with Gasteiger partial charge >= 0.3 is 0 Å². The summed E-state index contributed by atoms with van der Waals surface area (Å²) in [5.74, 6) is 0. The Morgan fingerprint density at radius 2 is 0.531 bits per heavy atom. The zero-order chi connectivity index (χ0) is 42.1. The van der Waals surface area contributed by atoms with Gasteiger partial charge in [-0.05, 0) is 72.8 Å². The first-order chi connectivity index (χ1) is 31.7. The summed E-state index contributed by atoms with van der Waals surface area (Å²) >= 11 is 0. The number of fused-ring (bicyclic) bond motifs is 9. The molecular formula is C58H36N6. The fraction of sp³-hybridized carbons (Fsp3) is 0. The highest BCUT2D eigenvalue weighted by molar-refractivity contribution is 6.29. The molecule has 0 spiro atoms. The Morgan fingerprint density at radius 1 is 0.234 bits per heavy atom. The molecule has 0 fully saturated rings. The largest absolute Gasteiger partial charge is 0.309 e. The Kier molecular flexibility index (Phi) is 8.11. The van der Waals surface area contributed by atoms with Crippen LogP contribution in [-0.4, -0.2) is 29.1 Å². The Bertz CT molecular complexity index is 3670. The Balaban J connectivity index is 0.959. The SMILES string of the molecule is c1ccc(-c2nc3ccccc3nc2-c2ccc(-n3c4ccccc4c4c5c6ccccc6n(-c6ccc(-c7nc8ccccc8nc7-c7ccccc7)cc6)c5ccc43)cc2)cc1. The fourth-order valence-corrected chi connectivity index (χ4v) is 9.61. The zero-order valence-corrected chi connectivity index (χ0v) is 34.5. The van der Waals surface area contributed by atoms with Crippen LogP contribution in [0.1, 0.15) is 0 Å². The first-order valence-corrected chi connectivity index (χ1v) is 21.6. The molecule has 0 aliphatic carbocycles. The van der Waals surface area contributed by atoms with Crippen molar-refractivity contribution >= 4 is 65.7 Å². The first-order valence-electron chi connectivity index (χ1n) is 21.6. The smallest absolute Gasteiger partial charge is 0.0973 e. The highest BCUT2D eigenvalue weighted by Crippen LogP contribution is 2.43. The number of nitrogens with zero attached hydrogens (tertiary/aromatic N) is 6. The molecule has 0 N–H and O–H groups in total. The topological polar surface area (TPSA) is 61.4 Å². The molecule has 6 nitrogen and oxygen atoms in total. The van der Waals surface area contributed by atoms with Gasteiger partial charge in [0.2, 0.25) is 0 Å². The lowest BCUT2D eigenvalue weighted by molar-refractivity contribution is 1.17. The zero-order valence-electron chi connectivity index (χ0n) is 34.5. The lowest BCUT2D eigenvalue weighted by atomic mass is 10.0. The summed E-state index contributed by atoms with van der Waals surface area (Å²) in [7, 11) is 0. The molecule has 4 heterocycles. The summed E-state index contributed by atoms with van der Waals surface area (Å²) in [6, 6.07) is 76.5. The predicted molar refractivity (Wildman–Crippen MR) is 263 cm³/mol. The third-order valence-corrected chi connectivity index (χ3v) is 12.5. The number of aromatic nitrogens is 6. The van der Waals surface area contributed by atoms with Gasteiger partial charge in [0.15, 0.2) is 0 Å². The minimum Gasteiger partial charge on any atom is -0.309 e. The second-order valence-corrected chi connectivity index (χ2v) is 16.2. The molecule has 0 atom stereocenters.